The molecule has 2 rings (SSSR count). The van der Waals surface area contributed by atoms with E-state index in [4.69, 9.17) is 5.11 Å². The van der Waals surface area contributed by atoms with Gasteiger partial charge in [-0.25, -0.2) is 4.98 Å². The summed E-state index contributed by atoms with van der Waals surface area (Å²) in [6, 6.07) is 2.05. The number of aliphatic hydroxyl groups excluding tert-OH is 1. The quantitative estimate of drug-likeness (QED) is 0.736. The van der Waals surface area contributed by atoms with Crippen LogP contribution in [0, 0.1) is 6.92 Å². The predicted octanol–water partition coefficient (Wildman–Crippen LogP) is 1.09. The van der Waals surface area contributed by atoms with Crippen LogP contribution < -0.4 is 4.90 Å². The van der Waals surface area contributed by atoms with E-state index in [1.807, 2.05) is 13.0 Å². The molecule has 1 aliphatic heterocycles. The molecule has 3 nitrogen and oxygen atoms in total. The van der Waals surface area contributed by atoms with Gasteiger partial charge in [-0.05, 0) is 30.5 Å². The Morgan fingerprint density at radius 2 is 2.31 bits per heavy atom. The Balaban J connectivity index is 2.24. The van der Waals surface area contributed by atoms with Crippen LogP contribution in [0.4, 0.5) is 5.82 Å². The Kier molecular flexibility index (Phi) is 2.19. The maximum absolute atomic E-state index is 8.97. The normalized spacial score (nSPS) is 15.7. The largest absolute Gasteiger partial charge is 0.392 e. The van der Waals surface area contributed by atoms with Crippen LogP contribution in [-0.2, 0) is 6.61 Å². The van der Waals surface area contributed by atoms with Crippen molar-refractivity contribution in [2.45, 2.75) is 20.0 Å². The molecule has 1 aromatic heterocycles. The van der Waals surface area contributed by atoms with Crippen LogP contribution in [0.15, 0.2) is 12.3 Å². The number of aliphatic hydroxyl groups is 1. The Morgan fingerprint density at radius 1 is 1.54 bits per heavy atom. The molecule has 1 aromatic rings. The van der Waals surface area contributed by atoms with Crippen molar-refractivity contribution >= 4 is 5.82 Å². The third-order valence-electron chi connectivity index (χ3n) is 2.56. The van der Waals surface area contributed by atoms with Crippen LogP contribution in [0.5, 0.6) is 0 Å². The summed E-state index contributed by atoms with van der Waals surface area (Å²) < 4.78 is 0. The number of hydrogen-bond donors (Lipinski definition) is 1. The molecule has 1 aliphatic rings. The molecule has 0 atom stereocenters. The van der Waals surface area contributed by atoms with Gasteiger partial charge >= 0.3 is 0 Å². The van der Waals surface area contributed by atoms with Crippen molar-refractivity contribution in [2.75, 3.05) is 18.0 Å². The molecular weight excluding hydrogens is 164 g/mol. The highest BCUT2D eigenvalue weighted by atomic mass is 16.3. The van der Waals surface area contributed by atoms with Gasteiger partial charge in [0.2, 0.25) is 0 Å². The lowest BCUT2D eigenvalue weighted by Gasteiger charge is -2.32. The molecule has 0 radical (unpaired) electrons. The molecule has 0 amide bonds. The lowest BCUT2D eigenvalue weighted by Crippen LogP contribution is -2.37. The van der Waals surface area contributed by atoms with Crippen molar-refractivity contribution in [3.8, 4) is 0 Å². The number of nitrogens with zero attached hydrogens (tertiary/aromatic N) is 2. The number of rotatable bonds is 2. The first-order chi connectivity index (χ1) is 6.31. The van der Waals surface area contributed by atoms with Gasteiger partial charge in [0.1, 0.15) is 5.82 Å². The average Bonchev–Trinajstić information content (AvgIpc) is 2.01. The van der Waals surface area contributed by atoms with E-state index in [0.29, 0.717) is 0 Å². The summed E-state index contributed by atoms with van der Waals surface area (Å²) in [5.74, 6) is 1.04. The molecule has 1 fully saturated rings. The molecule has 3 heteroatoms. The van der Waals surface area contributed by atoms with Gasteiger partial charge < -0.3 is 10.0 Å². The number of aryl methyl sites for hydroxylation is 1. The monoisotopic (exact) mass is 178 g/mol. The highest BCUT2D eigenvalue weighted by Gasteiger charge is 2.15. The van der Waals surface area contributed by atoms with Crippen LogP contribution in [-0.4, -0.2) is 23.2 Å². The van der Waals surface area contributed by atoms with Crippen LogP contribution in [0.2, 0.25) is 0 Å². The topological polar surface area (TPSA) is 36.4 Å². The first-order valence-corrected chi connectivity index (χ1v) is 4.62. The molecule has 1 saturated heterocycles. The third kappa shape index (κ3) is 1.52. The van der Waals surface area contributed by atoms with Crippen molar-refractivity contribution in [1.29, 1.82) is 0 Å². The molecular formula is C10H14N2O. The molecule has 0 aromatic carbocycles. The highest BCUT2D eigenvalue weighted by molar-refractivity contribution is 5.44. The number of pyridine rings is 1. The van der Waals surface area contributed by atoms with E-state index < -0.39 is 0 Å². The van der Waals surface area contributed by atoms with Crippen molar-refractivity contribution < 1.29 is 5.11 Å². The smallest absolute Gasteiger partial charge is 0.128 e. The molecule has 0 saturated carbocycles. The summed E-state index contributed by atoms with van der Waals surface area (Å²) in [6.07, 6.45) is 3.03. The molecule has 70 valence electrons. The first-order valence-electron chi connectivity index (χ1n) is 4.62. The molecule has 0 spiro atoms. The minimum atomic E-state index is 0.0825. The lowest BCUT2D eigenvalue weighted by atomic mass is 10.1. The van der Waals surface area contributed by atoms with Crippen molar-refractivity contribution in [3.05, 3.63) is 23.4 Å². The van der Waals surface area contributed by atoms with E-state index in [1.165, 1.54) is 6.42 Å². The molecule has 0 aliphatic carbocycles. The maximum Gasteiger partial charge on any atom is 0.128 e. The summed E-state index contributed by atoms with van der Waals surface area (Å²) >= 11 is 0. The average molecular weight is 178 g/mol. The van der Waals surface area contributed by atoms with Gasteiger partial charge in [-0.1, -0.05) is 0 Å². The summed E-state index contributed by atoms with van der Waals surface area (Å²) in [5, 5.41) is 8.97. The van der Waals surface area contributed by atoms with Gasteiger partial charge in [0.25, 0.3) is 0 Å². The summed E-state index contributed by atoms with van der Waals surface area (Å²) in [6.45, 7) is 4.32. The zero-order valence-electron chi connectivity index (χ0n) is 7.82. The summed E-state index contributed by atoms with van der Waals surface area (Å²) in [7, 11) is 0. The lowest BCUT2D eigenvalue weighted by molar-refractivity contribution is 0.280. The van der Waals surface area contributed by atoms with E-state index in [0.717, 1.165) is 30.0 Å². The predicted molar refractivity (Wildman–Crippen MR) is 51.7 cm³/mol. The summed E-state index contributed by atoms with van der Waals surface area (Å²) in [4.78, 5) is 6.54. The highest BCUT2D eigenvalue weighted by Crippen LogP contribution is 2.20. The minimum absolute atomic E-state index is 0.0825. The molecule has 2 heterocycles. The van der Waals surface area contributed by atoms with Gasteiger partial charge in [-0.15, -0.1) is 0 Å². The Bertz CT molecular complexity index is 308. The van der Waals surface area contributed by atoms with Gasteiger partial charge in [0, 0.05) is 19.3 Å². The second-order valence-electron chi connectivity index (χ2n) is 3.47. The van der Waals surface area contributed by atoms with Crippen LogP contribution in [0.25, 0.3) is 0 Å². The molecule has 0 unspecified atom stereocenters. The van der Waals surface area contributed by atoms with E-state index >= 15 is 0 Å². The Hall–Kier alpha value is -1.09. The zero-order valence-corrected chi connectivity index (χ0v) is 7.82. The fraction of sp³-hybridized carbons (Fsp3) is 0.500. The third-order valence-corrected chi connectivity index (χ3v) is 2.56. The molecule has 13 heavy (non-hydrogen) atoms. The SMILES string of the molecule is Cc1cc(N2CCC2)ncc1CO. The van der Waals surface area contributed by atoms with Gasteiger partial charge in [0.15, 0.2) is 0 Å². The number of anilines is 1. The van der Waals surface area contributed by atoms with E-state index in [9.17, 15) is 0 Å². The van der Waals surface area contributed by atoms with E-state index in [1.54, 1.807) is 6.20 Å². The van der Waals surface area contributed by atoms with Crippen LogP contribution in [0.1, 0.15) is 17.5 Å². The van der Waals surface area contributed by atoms with E-state index in [2.05, 4.69) is 9.88 Å². The van der Waals surface area contributed by atoms with Gasteiger partial charge in [-0.2, -0.15) is 0 Å². The van der Waals surface area contributed by atoms with Gasteiger partial charge in [0.05, 0.1) is 6.61 Å². The Morgan fingerprint density at radius 3 is 2.77 bits per heavy atom. The van der Waals surface area contributed by atoms with Crippen molar-refractivity contribution in [2.24, 2.45) is 0 Å². The molecule has 0 bridgehead atoms. The minimum Gasteiger partial charge on any atom is -0.392 e. The number of aromatic nitrogens is 1. The number of hydrogen-bond acceptors (Lipinski definition) is 3. The second-order valence-corrected chi connectivity index (χ2v) is 3.47. The Labute approximate surface area is 78.0 Å². The maximum atomic E-state index is 8.97. The standard InChI is InChI=1S/C10H14N2O/c1-8-5-10(12-3-2-4-12)11-6-9(8)7-13/h5-6,13H,2-4,7H2,1H3. The van der Waals surface area contributed by atoms with E-state index in [-0.39, 0.29) is 6.61 Å². The first kappa shape index (κ1) is 8.51. The fourth-order valence-electron chi connectivity index (χ4n) is 1.45. The van der Waals surface area contributed by atoms with Crippen molar-refractivity contribution in [3.63, 3.8) is 0 Å². The molecule has 1 N–H and O–H groups in total. The second kappa shape index (κ2) is 3.34. The van der Waals surface area contributed by atoms with Crippen LogP contribution in [0.3, 0.4) is 0 Å². The fourth-order valence-corrected chi connectivity index (χ4v) is 1.45. The van der Waals surface area contributed by atoms with Crippen LogP contribution >= 0.6 is 0 Å². The summed E-state index contributed by atoms with van der Waals surface area (Å²) in [5.41, 5.74) is 2.05. The zero-order chi connectivity index (χ0) is 9.26. The van der Waals surface area contributed by atoms with Gasteiger partial charge in [-0.3, -0.25) is 0 Å². The van der Waals surface area contributed by atoms with Crippen molar-refractivity contribution in [1.82, 2.24) is 4.98 Å².